The Morgan fingerprint density at radius 3 is 0.0270 bits per heavy atom. The molecular weight excluding hydrogens is 9880 g/mol. The topological polar surface area (TPSA) is 0 Å². The second-order valence-corrected chi connectivity index (χ2v) is 0. The average molecular weight is 9880 g/mol. The van der Waals surface area contributed by atoms with Gasteiger partial charge in [-0.05, 0) is 0 Å². The molecule has 37 heteroatoms. The first-order valence-corrected chi connectivity index (χ1v) is 0. The van der Waals surface area contributed by atoms with E-state index in [4.69, 9.17) is 0 Å². The summed E-state index contributed by atoms with van der Waals surface area (Å²) in [5, 5.41) is 0. The molecular formula is Rf37. The molecule has 0 fully saturated rings. The van der Waals surface area contributed by atoms with Gasteiger partial charge < -0.3 is 0 Å². The summed E-state index contributed by atoms with van der Waals surface area (Å²) < 4.78 is 0. The molecule has 0 N–H and O–H groups in total. The van der Waals surface area contributed by atoms with Gasteiger partial charge in [-0.25, -0.2) is 0 Å². The molecule has 0 aromatic heterocycles. The Balaban J connectivity index is 0. The summed E-state index contributed by atoms with van der Waals surface area (Å²) in [5.74, 6) is 0. The predicted molar refractivity (Wildman–Crippen MR) is 0 cm³/mol. The van der Waals surface area contributed by atoms with Crippen molar-refractivity contribution in [3.63, 3.8) is 0 Å². The molecule has 0 spiro atoms. The second kappa shape index (κ2) is -0.00292. The van der Waals surface area contributed by atoms with E-state index in [1.54, 1.807) is 0 Å². The van der Waals surface area contributed by atoms with Gasteiger partial charge in [0.05, 0.1) is 0 Å². The van der Waals surface area contributed by atoms with Crippen LogP contribution in [0.25, 0.3) is 0 Å². The summed E-state index contributed by atoms with van der Waals surface area (Å²) in [6, 6.07) is 0. The molecule has 0 amide bonds. The summed E-state index contributed by atoms with van der Waals surface area (Å²) in [6.07, 6.45) is 0. The fraction of sp³-hybridized carbons (Fsp3) is 0. The summed E-state index contributed by atoms with van der Waals surface area (Å²) in [5.41, 5.74) is 0. The van der Waals surface area contributed by atoms with E-state index in [9.17, 15) is 0 Å². The van der Waals surface area contributed by atoms with Gasteiger partial charge in [0.15, 0.2) is 0 Å². The van der Waals surface area contributed by atoms with Gasteiger partial charge in [0.25, 0.3) is 0 Å². The van der Waals surface area contributed by atoms with E-state index in [1.165, 1.54) is 0 Å². The SMILES string of the molecule is [Rf].[Rf].[Rf].[Rf].[Rf].[Rf].[Rf].[Rf].[Rf].[Rf].[Rf].[Rf].[Rf].[Rf].[Rf].[Rf].[Rf].[Rf].[Rf].[Rf].[Rf].[Rf].[Rf].[Rf].[Rf].[Rf].[Rf].[Rf].[Rf].[Rf].[Rf].[Rf].[Rf].[Rf].[Rf].[Rf].[Rf]. The van der Waals surface area contributed by atoms with E-state index >= 15 is 0 Å². The van der Waals surface area contributed by atoms with Crippen molar-refractivity contribution in [1.82, 2.24) is 0 Å². The maximum absolute atomic E-state index is 0. The smallest absolute Gasteiger partial charge is 0 e. The largest absolute Gasteiger partial charge is 0 e. The number of hydrogen-bond donors (Lipinski definition) is 0. The normalized spacial score (nSPS) is 0. The molecule has 0 heterocycles. The van der Waals surface area contributed by atoms with Crippen LogP contribution in [0.3, 0.4) is 0 Å². The molecule has 74 valence electrons. The molecule has 0 saturated carbocycles. The van der Waals surface area contributed by atoms with Gasteiger partial charge >= 0.3 is 0 Å². The summed E-state index contributed by atoms with van der Waals surface area (Å²) in [6.45, 7) is 0. The van der Waals surface area contributed by atoms with Crippen molar-refractivity contribution < 1.29 is 0 Å². The van der Waals surface area contributed by atoms with E-state index in [-0.39, 0.29) is 0 Å². The molecule has 37 heavy (non-hydrogen) atoms. The molecule has 0 bridgehead atoms. The van der Waals surface area contributed by atoms with Gasteiger partial charge in [0.1, 0.15) is 0 Å². The van der Waals surface area contributed by atoms with Crippen LogP contribution in [0.4, 0.5) is 0 Å². The molecule has 0 radical (unpaired) electrons. The first-order chi connectivity index (χ1) is 0. The van der Waals surface area contributed by atoms with Crippen LogP contribution in [-0.2, 0) is 0 Å². The molecule has 0 aliphatic heterocycles. The Morgan fingerprint density at radius 2 is 0.0270 bits per heavy atom. The zero-order chi connectivity index (χ0) is 0. The van der Waals surface area contributed by atoms with Gasteiger partial charge in [0, 0.05) is 0 Å². The van der Waals surface area contributed by atoms with Crippen LogP contribution in [0.15, 0.2) is 0 Å². The maximum Gasteiger partial charge on any atom is 0 e. The van der Waals surface area contributed by atoms with E-state index in [1.807, 2.05) is 0 Å². The maximum atomic E-state index is 0. The van der Waals surface area contributed by atoms with Crippen LogP contribution in [0.5, 0.6) is 0 Å². The Bertz CT molecular complexity index is 0. The summed E-state index contributed by atoms with van der Waals surface area (Å²) in [4.78, 5) is 0. The Hall–Kier alpha value is -37.0. The summed E-state index contributed by atoms with van der Waals surface area (Å²) in [7, 11) is 0. The third-order valence-corrected chi connectivity index (χ3v) is 0. The Kier molecular flexibility index (Phi) is 0. The third-order valence-electron chi connectivity index (χ3n) is 0. The first-order valence-electron chi connectivity index (χ1n) is 0. The van der Waals surface area contributed by atoms with Gasteiger partial charge in [-0.3, -0.25) is 0 Å². The molecule has 0 rings (SSSR count). The van der Waals surface area contributed by atoms with E-state index in [0.29, 0.717) is 0 Å². The monoisotopic (exact) mass is 9880 g/mol. The van der Waals surface area contributed by atoms with Gasteiger partial charge in [-0.2, -0.15) is 0 Å². The van der Waals surface area contributed by atoms with E-state index in [2.05, 4.69) is 0 Å². The molecule has 0 nitrogen and oxygen atoms in total. The molecule has 0 saturated heterocycles. The van der Waals surface area contributed by atoms with Crippen molar-refractivity contribution in [3.8, 4) is 0 Å². The van der Waals surface area contributed by atoms with Crippen LogP contribution in [-0.4, -0.2) is 0 Å². The molecule has 0 aromatic carbocycles. The zero-order valence-corrected chi connectivity index (χ0v) is 263. The standard InChI is InChI=1S/37Rf. The molecule has 0 unspecified atom stereocenters. The van der Waals surface area contributed by atoms with Crippen LogP contribution in [0.1, 0.15) is 0 Å². The minimum atomic E-state index is 0. The zero-order valence-electron chi connectivity index (χ0n) is 26.2. The first kappa shape index (κ1) is 0. The fourth-order valence-corrected chi connectivity index (χ4v) is 0. The van der Waals surface area contributed by atoms with Crippen molar-refractivity contribution in [1.29, 1.82) is 0 Å². The minimum Gasteiger partial charge on any atom is 0 e. The molecule has 0 aromatic rings. The van der Waals surface area contributed by atoms with Crippen LogP contribution < -0.4 is 0 Å². The molecule has 0 aliphatic carbocycles. The van der Waals surface area contributed by atoms with Crippen LogP contribution in [0.2, 0.25) is 0 Å². The van der Waals surface area contributed by atoms with Crippen molar-refractivity contribution in [3.05, 3.63) is 0 Å². The molecule has 0 atom stereocenters. The van der Waals surface area contributed by atoms with Gasteiger partial charge in [-0.15, -0.1) is 0 Å². The Labute approximate surface area is 0 Å². The number of rotatable bonds is 0. The van der Waals surface area contributed by atoms with Crippen molar-refractivity contribution in [2.24, 2.45) is 0 Å². The summed E-state index contributed by atoms with van der Waals surface area (Å²) >= 11 is 0. The third kappa shape index (κ3) is -0.00657. The van der Waals surface area contributed by atoms with E-state index in [0.717, 1.165) is 0 Å². The van der Waals surface area contributed by atoms with Gasteiger partial charge in [-0.1, -0.05) is 0 Å². The predicted octanol–water partition coefficient (Wildman–Crippen LogP) is 0. The van der Waals surface area contributed by atoms with Crippen molar-refractivity contribution in [2.75, 3.05) is 0 Å². The fourth-order valence-electron chi connectivity index (χ4n) is 0. The van der Waals surface area contributed by atoms with Crippen LogP contribution in [0, 0.1) is 0 Å². The van der Waals surface area contributed by atoms with Gasteiger partial charge in [0.2, 0.25) is 0 Å². The van der Waals surface area contributed by atoms with E-state index < -0.39 is 0 Å². The average Bonchev–Trinajstić information content (AvgIpc) is 0. The van der Waals surface area contributed by atoms with Crippen molar-refractivity contribution >= 4 is 0 Å². The minimum absolute atomic E-state index is 0. The second-order valence-electron chi connectivity index (χ2n) is 0. The number of hydrogen-bond acceptors (Lipinski definition) is 0. The molecule has 0 aliphatic rings. The van der Waals surface area contributed by atoms with Crippen molar-refractivity contribution in [2.45, 2.75) is 0 Å². The Morgan fingerprint density at radius 1 is 0.0270 bits per heavy atom. The van der Waals surface area contributed by atoms with Crippen LogP contribution >= 0.6 is 0 Å². The quantitative estimate of drug-likeness (QED) is 0.321.